The SMILES string of the molecule is CCN(CC)CCNCC(O)c1cc(Br)c(N)c(Br)c1. The normalized spacial score (nSPS) is 12.9. The van der Waals surface area contributed by atoms with Gasteiger partial charge in [0.05, 0.1) is 11.8 Å². The predicted octanol–water partition coefficient (Wildman–Crippen LogP) is 2.76. The summed E-state index contributed by atoms with van der Waals surface area (Å²) < 4.78 is 1.59. The van der Waals surface area contributed by atoms with Crippen LogP contribution in [-0.2, 0) is 0 Å². The van der Waals surface area contributed by atoms with Crippen molar-refractivity contribution in [3.05, 3.63) is 26.6 Å². The minimum atomic E-state index is -0.542. The lowest BCUT2D eigenvalue weighted by Crippen LogP contribution is -2.33. The molecular weight excluding hydrogens is 386 g/mol. The van der Waals surface area contributed by atoms with E-state index in [9.17, 15) is 5.11 Å². The van der Waals surface area contributed by atoms with Crippen LogP contribution in [0.2, 0.25) is 0 Å². The zero-order valence-electron chi connectivity index (χ0n) is 12.0. The van der Waals surface area contributed by atoms with Crippen LogP contribution in [0.1, 0.15) is 25.5 Å². The van der Waals surface area contributed by atoms with Gasteiger partial charge in [0.2, 0.25) is 0 Å². The Morgan fingerprint density at radius 2 is 1.80 bits per heavy atom. The van der Waals surface area contributed by atoms with Gasteiger partial charge in [-0.3, -0.25) is 0 Å². The number of rotatable bonds is 8. The Kier molecular flexibility index (Phi) is 8.06. The van der Waals surface area contributed by atoms with Crippen molar-refractivity contribution in [2.45, 2.75) is 20.0 Å². The molecular formula is C14H23Br2N3O. The van der Waals surface area contributed by atoms with Crippen molar-refractivity contribution in [3.8, 4) is 0 Å². The lowest BCUT2D eigenvalue weighted by atomic mass is 10.1. The molecule has 0 aliphatic rings. The van der Waals surface area contributed by atoms with Crippen molar-refractivity contribution in [2.75, 3.05) is 38.5 Å². The van der Waals surface area contributed by atoms with Crippen LogP contribution in [0.5, 0.6) is 0 Å². The number of aliphatic hydroxyl groups excluding tert-OH is 1. The number of nitrogens with two attached hydrogens (primary N) is 1. The quantitative estimate of drug-likeness (QED) is 0.457. The Morgan fingerprint density at radius 1 is 1.25 bits per heavy atom. The summed E-state index contributed by atoms with van der Waals surface area (Å²) in [5, 5.41) is 13.5. The number of halogens is 2. The molecule has 0 aromatic heterocycles. The van der Waals surface area contributed by atoms with Crippen LogP contribution in [0.25, 0.3) is 0 Å². The molecule has 1 rings (SSSR count). The second-order valence-electron chi connectivity index (χ2n) is 4.65. The van der Waals surface area contributed by atoms with E-state index in [2.05, 4.69) is 55.9 Å². The number of hydrogen-bond donors (Lipinski definition) is 3. The van der Waals surface area contributed by atoms with E-state index in [0.717, 1.165) is 40.7 Å². The first-order valence-electron chi connectivity index (χ1n) is 6.85. The molecule has 1 atom stereocenters. The summed E-state index contributed by atoms with van der Waals surface area (Å²) in [5.41, 5.74) is 7.33. The Labute approximate surface area is 138 Å². The topological polar surface area (TPSA) is 61.5 Å². The maximum absolute atomic E-state index is 10.2. The van der Waals surface area contributed by atoms with Gasteiger partial charge in [-0.25, -0.2) is 0 Å². The van der Waals surface area contributed by atoms with Gasteiger partial charge in [-0.1, -0.05) is 13.8 Å². The summed E-state index contributed by atoms with van der Waals surface area (Å²) in [6, 6.07) is 3.72. The first kappa shape index (κ1) is 17.9. The highest BCUT2D eigenvalue weighted by Crippen LogP contribution is 2.31. The van der Waals surface area contributed by atoms with E-state index in [1.807, 2.05) is 12.1 Å². The molecule has 0 aliphatic heterocycles. The number of nitrogens with zero attached hydrogens (tertiary/aromatic N) is 1. The van der Waals surface area contributed by atoms with Crippen LogP contribution in [0.4, 0.5) is 5.69 Å². The first-order chi connectivity index (χ1) is 9.49. The third-order valence-corrected chi connectivity index (χ3v) is 4.64. The molecule has 6 heteroatoms. The van der Waals surface area contributed by atoms with Crippen LogP contribution in [0.3, 0.4) is 0 Å². The van der Waals surface area contributed by atoms with Gasteiger partial charge in [0, 0.05) is 28.6 Å². The minimum absolute atomic E-state index is 0.532. The lowest BCUT2D eigenvalue weighted by Gasteiger charge is -2.19. The number of likely N-dealkylation sites (N-methyl/N-ethyl adjacent to an activating group) is 1. The molecule has 1 aromatic carbocycles. The third kappa shape index (κ3) is 5.33. The van der Waals surface area contributed by atoms with E-state index in [4.69, 9.17) is 5.73 Å². The number of aliphatic hydroxyl groups is 1. The lowest BCUT2D eigenvalue weighted by molar-refractivity contribution is 0.172. The van der Waals surface area contributed by atoms with Crippen molar-refractivity contribution in [3.63, 3.8) is 0 Å². The maximum Gasteiger partial charge on any atom is 0.0915 e. The Morgan fingerprint density at radius 3 is 2.30 bits per heavy atom. The van der Waals surface area contributed by atoms with E-state index in [1.165, 1.54) is 0 Å². The molecule has 1 unspecified atom stereocenters. The number of nitrogen functional groups attached to an aromatic ring is 1. The Bertz CT molecular complexity index is 402. The van der Waals surface area contributed by atoms with Crippen LogP contribution < -0.4 is 11.1 Å². The summed E-state index contributed by atoms with van der Waals surface area (Å²) in [5.74, 6) is 0. The second-order valence-corrected chi connectivity index (χ2v) is 6.35. The van der Waals surface area contributed by atoms with E-state index >= 15 is 0 Å². The highest BCUT2D eigenvalue weighted by molar-refractivity contribution is 9.11. The molecule has 4 N–H and O–H groups in total. The van der Waals surface area contributed by atoms with E-state index in [0.29, 0.717) is 12.2 Å². The monoisotopic (exact) mass is 407 g/mol. The highest BCUT2D eigenvalue weighted by atomic mass is 79.9. The highest BCUT2D eigenvalue weighted by Gasteiger charge is 2.11. The van der Waals surface area contributed by atoms with Crippen LogP contribution in [-0.4, -0.2) is 42.7 Å². The fraction of sp³-hybridized carbons (Fsp3) is 0.571. The fourth-order valence-electron chi connectivity index (χ4n) is 1.93. The molecule has 0 spiro atoms. The summed E-state index contributed by atoms with van der Waals surface area (Å²) in [7, 11) is 0. The van der Waals surface area contributed by atoms with Crippen molar-refractivity contribution in [1.82, 2.24) is 10.2 Å². The van der Waals surface area contributed by atoms with E-state index in [-0.39, 0.29) is 0 Å². The number of hydrogen-bond acceptors (Lipinski definition) is 4. The van der Waals surface area contributed by atoms with Gasteiger partial charge >= 0.3 is 0 Å². The zero-order chi connectivity index (χ0) is 15.1. The van der Waals surface area contributed by atoms with Gasteiger partial charge in [0.1, 0.15) is 0 Å². The van der Waals surface area contributed by atoms with E-state index in [1.54, 1.807) is 0 Å². The minimum Gasteiger partial charge on any atom is -0.397 e. The summed E-state index contributed by atoms with van der Waals surface area (Å²) in [6.45, 7) is 8.82. The second kappa shape index (κ2) is 9.00. The molecule has 0 saturated carbocycles. The average Bonchev–Trinajstić information content (AvgIpc) is 2.44. The molecule has 0 bridgehead atoms. The molecule has 0 fully saturated rings. The molecule has 20 heavy (non-hydrogen) atoms. The molecule has 4 nitrogen and oxygen atoms in total. The maximum atomic E-state index is 10.2. The molecule has 1 aromatic rings. The zero-order valence-corrected chi connectivity index (χ0v) is 15.2. The Balaban J connectivity index is 2.45. The van der Waals surface area contributed by atoms with Gasteiger partial charge < -0.3 is 21.1 Å². The number of anilines is 1. The molecule has 114 valence electrons. The average molecular weight is 409 g/mol. The van der Waals surface area contributed by atoms with Gasteiger partial charge in [-0.2, -0.15) is 0 Å². The largest absolute Gasteiger partial charge is 0.397 e. The van der Waals surface area contributed by atoms with Crippen molar-refractivity contribution < 1.29 is 5.11 Å². The predicted molar refractivity (Wildman–Crippen MR) is 91.9 cm³/mol. The molecule has 0 amide bonds. The van der Waals surface area contributed by atoms with Crippen LogP contribution in [0, 0.1) is 0 Å². The van der Waals surface area contributed by atoms with Gasteiger partial charge in [-0.05, 0) is 62.6 Å². The molecule has 0 radical (unpaired) electrons. The van der Waals surface area contributed by atoms with Crippen molar-refractivity contribution >= 4 is 37.5 Å². The van der Waals surface area contributed by atoms with Crippen molar-refractivity contribution in [2.24, 2.45) is 0 Å². The number of benzene rings is 1. The fourth-order valence-corrected chi connectivity index (χ4v) is 3.15. The smallest absolute Gasteiger partial charge is 0.0915 e. The first-order valence-corrected chi connectivity index (χ1v) is 8.43. The third-order valence-electron chi connectivity index (χ3n) is 3.32. The van der Waals surface area contributed by atoms with Crippen LogP contribution in [0.15, 0.2) is 21.1 Å². The van der Waals surface area contributed by atoms with Crippen LogP contribution >= 0.6 is 31.9 Å². The summed E-state index contributed by atoms with van der Waals surface area (Å²) in [6.07, 6.45) is -0.542. The molecule has 0 heterocycles. The number of nitrogens with one attached hydrogen (secondary N) is 1. The Hall–Kier alpha value is -0.140. The van der Waals surface area contributed by atoms with Gasteiger partial charge in [-0.15, -0.1) is 0 Å². The van der Waals surface area contributed by atoms with Gasteiger partial charge in [0.15, 0.2) is 0 Å². The standard InChI is InChI=1S/C14H23Br2N3O/c1-3-19(4-2)6-5-18-9-13(20)10-7-11(15)14(17)12(16)8-10/h7-8,13,18,20H,3-6,9,17H2,1-2H3. The van der Waals surface area contributed by atoms with Crippen molar-refractivity contribution in [1.29, 1.82) is 0 Å². The van der Waals surface area contributed by atoms with E-state index < -0.39 is 6.10 Å². The van der Waals surface area contributed by atoms with Gasteiger partial charge in [0.25, 0.3) is 0 Å². The molecule has 0 aliphatic carbocycles. The summed E-state index contributed by atoms with van der Waals surface area (Å²) >= 11 is 6.78. The molecule has 0 saturated heterocycles. The summed E-state index contributed by atoms with van der Waals surface area (Å²) in [4.78, 5) is 2.34.